The number of anilines is 1. The topological polar surface area (TPSA) is 128 Å². The van der Waals surface area contributed by atoms with Gasteiger partial charge in [0.05, 0.1) is 24.0 Å². The van der Waals surface area contributed by atoms with Crippen LogP contribution in [-0.2, 0) is 10.0 Å². The Morgan fingerprint density at radius 1 is 1.12 bits per heavy atom. The van der Waals surface area contributed by atoms with E-state index in [-0.39, 0.29) is 54.1 Å². The molecule has 4 aromatic heterocycles. The second kappa shape index (κ2) is 11.3. The Hall–Kier alpha value is -3.69. The first kappa shape index (κ1) is 28.8. The summed E-state index contributed by atoms with van der Waals surface area (Å²) in [5.74, 6) is -2.53. The van der Waals surface area contributed by atoms with Gasteiger partial charge in [-0.2, -0.15) is 0 Å². The highest BCUT2D eigenvalue weighted by molar-refractivity contribution is 7.94. The molecule has 4 aromatic rings. The normalized spacial score (nSPS) is 15.6. The minimum Gasteiger partial charge on any atom is -0.485 e. The van der Waals surface area contributed by atoms with Crippen LogP contribution < -0.4 is 19.8 Å². The van der Waals surface area contributed by atoms with Gasteiger partial charge >= 0.3 is 0 Å². The summed E-state index contributed by atoms with van der Waals surface area (Å²) in [6, 6.07) is 4.94. The van der Waals surface area contributed by atoms with E-state index in [0.717, 1.165) is 11.3 Å². The Balaban J connectivity index is 1.38. The third-order valence-corrected chi connectivity index (χ3v) is 9.70. The number of sulfonamides is 1. The Kier molecular flexibility index (Phi) is 7.94. The number of alkyl halides is 2. The maximum absolute atomic E-state index is 13.4. The first-order valence-corrected chi connectivity index (χ1v) is 15.0. The van der Waals surface area contributed by atoms with Crippen molar-refractivity contribution in [2.75, 3.05) is 38.1 Å². The molecule has 41 heavy (non-hydrogen) atoms. The monoisotopic (exact) mass is 606 g/mol. The van der Waals surface area contributed by atoms with Crippen molar-refractivity contribution in [2.24, 2.45) is 0 Å². The van der Waals surface area contributed by atoms with Crippen LogP contribution in [0.1, 0.15) is 23.5 Å². The maximum atomic E-state index is 13.4. The van der Waals surface area contributed by atoms with E-state index in [1.807, 2.05) is 4.90 Å². The highest BCUT2D eigenvalue weighted by Gasteiger charge is 2.33. The lowest BCUT2D eigenvalue weighted by molar-refractivity contribution is -0.0564. The number of aryl methyl sites for hydroxylation is 2. The molecule has 11 nitrogen and oxygen atoms in total. The van der Waals surface area contributed by atoms with Gasteiger partial charge < -0.3 is 9.47 Å². The van der Waals surface area contributed by atoms with Crippen LogP contribution in [-0.4, -0.2) is 71.9 Å². The van der Waals surface area contributed by atoms with E-state index in [9.17, 15) is 22.0 Å². The minimum absolute atomic E-state index is 0.0264. The van der Waals surface area contributed by atoms with E-state index in [0.29, 0.717) is 34.0 Å². The quantitative estimate of drug-likeness (QED) is 0.303. The van der Waals surface area contributed by atoms with Crippen molar-refractivity contribution in [3.63, 3.8) is 0 Å². The minimum atomic E-state index is -3.96. The molecule has 0 amide bonds. The Labute approximate surface area is 238 Å². The smallest absolute Gasteiger partial charge is 0.300 e. The third kappa shape index (κ3) is 6.31. The molecule has 1 aliphatic heterocycles. The molecule has 5 heterocycles. The van der Waals surface area contributed by atoms with E-state index in [2.05, 4.69) is 19.7 Å². The lowest BCUT2D eigenvalue weighted by Crippen LogP contribution is -2.41. The number of thiazole rings is 1. The molecular formula is C26H28F2N6O5S2. The van der Waals surface area contributed by atoms with E-state index in [1.54, 1.807) is 38.2 Å². The number of methoxy groups -OCH3 is 1. The van der Waals surface area contributed by atoms with Gasteiger partial charge in [0.1, 0.15) is 17.9 Å². The van der Waals surface area contributed by atoms with Crippen LogP contribution in [0.3, 0.4) is 0 Å². The largest absolute Gasteiger partial charge is 0.485 e. The Morgan fingerprint density at radius 3 is 2.56 bits per heavy atom. The number of pyridine rings is 2. The van der Waals surface area contributed by atoms with Crippen LogP contribution in [0.2, 0.25) is 0 Å². The van der Waals surface area contributed by atoms with Gasteiger partial charge in [0, 0.05) is 56.0 Å². The third-order valence-electron chi connectivity index (χ3n) is 6.65. The van der Waals surface area contributed by atoms with Gasteiger partial charge in [-0.15, -0.1) is 11.3 Å². The fourth-order valence-electron chi connectivity index (χ4n) is 4.52. The zero-order valence-electron chi connectivity index (χ0n) is 22.6. The Bertz CT molecular complexity index is 1750. The summed E-state index contributed by atoms with van der Waals surface area (Å²) in [4.78, 5) is 27.8. The van der Waals surface area contributed by atoms with Crippen molar-refractivity contribution in [2.45, 2.75) is 36.8 Å². The van der Waals surface area contributed by atoms with Gasteiger partial charge in [-0.1, -0.05) is 0 Å². The van der Waals surface area contributed by atoms with E-state index in [1.165, 1.54) is 23.9 Å². The fraction of sp³-hybridized carbons (Fsp3) is 0.385. The average Bonchev–Trinajstić information content (AvgIpc) is 3.29. The van der Waals surface area contributed by atoms with E-state index >= 15 is 0 Å². The highest BCUT2D eigenvalue weighted by atomic mass is 32.2. The fourth-order valence-corrected chi connectivity index (χ4v) is 7.05. The number of halogens is 2. The number of nitrogens with zero attached hydrogens (tertiary/aromatic N) is 5. The average molecular weight is 607 g/mol. The summed E-state index contributed by atoms with van der Waals surface area (Å²) in [7, 11) is -2.58. The summed E-state index contributed by atoms with van der Waals surface area (Å²) in [6.07, 6.45) is 4.02. The zero-order chi connectivity index (χ0) is 29.4. The molecule has 0 saturated carbocycles. The van der Waals surface area contributed by atoms with Crippen molar-refractivity contribution in [3.8, 4) is 22.8 Å². The predicted octanol–water partition coefficient (Wildman–Crippen LogP) is 3.75. The van der Waals surface area contributed by atoms with Crippen molar-refractivity contribution in [1.82, 2.24) is 24.3 Å². The molecule has 0 unspecified atom stereocenters. The molecule has 218 valence electrons. The van der Waals surface area contributed by atoms with Crippen LogP contribution in [0, 0.1) is 13.8 Å². The number of hydrogen-bond donors (Lipinski definition) is 1. The van der Waals surface area contributed by atoms with Crippen LogP contribution in [0.5, 0.6) is 11.6 Å². The van der Waals surface area contributed by atoms with Gasteiger partial charge in [-0.05, 0) is 32.0 Å². The van der Waals surface area contributed by atoms with Gasteiger partial charge in [-0.3, -0.25) is 18.8 Å². The number of likely N-dealkylation sites (tertiary alicyclic amines) is 1. The first-order chi connectivity index (χ1) is 19.5. The molecule has 1 fully saturated rings. The molecule has 1 saturated heterocycles. The van der Waals surface area contributed by atoms with E-state index < -0.39 is 21.5 Å². The maximum Gasteiger partial charge on any atom is 0.300 e. The lowest BCUT2D eigenvalue weighted by atomic mass is 10.1. The lowest BCUT2D eigenvalue weighted by Gasteiger charge is -2.31. The summed E-state index contributed by atoms with van der Waals surface area (Å²) >= 11 is 1.06. The van der Waals surface area contributed by atoms with Gasteiger partial charge in [0.25, 0.3) is 21.5 Å². The number of nitrogens with one attached hydrogen (secondary N) is 1. The molecule has 1 N–H and O–H groups in total. The van der Waals surface area contributed by atoms with Crippen molar-refractivity contribution < 1.29 is 26.7 Å². The van der Waals surface area contributed by atoms with Crippen molar-refractivity contribution >= 4 is 32.7 Å². The molecule has 1 aliphatic rings. The highest BCUT2D eigenvalue weighted by Crippen LogP contribution is 2.32. The molecule has 0 aliphatic carbocycles. The summed E-state index contributed by atoms with van der Waals surface area (Å²) in [6.45, 7) is 4.45. The number of hydrogen-bond acceptors (Lipinski definition) is 10. The molecule has 0 bridgehead atoms. The summed E-state index contributed by atoms with van der Waals surface area (Å²) in [5, 5.41) is 0.622. The number of rotatable bonds is 9. The molecular weight excluding hydrogens is 578 g/mol. The molecule has 15 heteroatoms. The zero-order valence-corrected chi connectivity index (χ0v) is 24.2. The van der Waals surface area contributed by atoms with Crippen LogP contribution >= 0.6 is 11.3 Å². The second-order valence-corrected chi connectivity index (χ2v) is 12.7. The van der Waals surface area contributed by atoms with Crippen LogP contribution in [0.25, 0.3) is 16.8 Å². The van der Waals surface area contributed by atoms with Crippen molar-refractivity contribution in [3.05, 3.63) is 57.8 Å². The number of fused-ring (bicyclic) bond motifs is 1. The second-order valence-electron chi connectivity index (χ2n) is 9.61. The number of piperidine rings is 1. The molecule has 0 aromatic carbocycles. The molecule has 0 radical (unpaired) electrons. The van der Waals surface area contributed by atoms with Crippen LogP contribution in [0.15, 0.2) is 45.8 Å². The van der Waals surface area contributed by atoms with Gasteiger partial charge in [0.15, 0.2) is 4.21 Å². The molecule has 0 spiro atoms. The molecule has 0 atom stereocenters. The SMILES string of the molecule is COc1ncc(-c2ccc3ncc(OCCN4CCC(F)(F)CC4)c(=O)n3c2)cc1NS(=O)(=O)c1sc(C)nc1C. The van der Waals surface area contributed by atoms with Crippen LogP contribution in [0.4, 0.5) is 14.5 Å². The van der Waals surface area contributed by atoms with Crippen molar-refractivity contribution in [1.29, 1.82) is 0 Å². The molecule has 5 rings (SSSR count). The summed E-state index contributed by atoms with van der Waals surface area (Å²) in [5.41, 5.74) is 1.52. The van der Waals surface area contributed by atoms with Gasteiger partial charge in [-0.25, -0.2) is 32.2 Å². The van der Waals surface area contributed by atoms with Gasteiger partial charge in [0.2, 0.25) is 11.6 Å². The Morgan fingerprint density at radius 2 is 1.88 bits per heavy atom. The first-order valence-electron chi connectivity index (χ1n) is 12.7. The number of aromatic nitrogens is 4. The standard InChI is InChI=1S/C26H28F2N6O5S2/c1-16-25(40-17(2)31-16)41(36,37)32-20-12-19(13-30-23(20)38-3)18-4-5-22-29-14-21(24(35)34(22)15-18)39-11-10-33-8-6-26(27,28)7-9-33/h4-5,12-15,32H,6-11H2,1-3H3. The van der Waals surface area contributed by atoms with E-state index in [4.69, 9.17) is 9.47 Å². The predicted molar refractivity (Wildman–Crippen MR) is 150 cm³/mol. The number of ether oxygens (including phenoxy) is 2. The summed E-state index contributed by atoms with van der Waals surface area (Å²) < 4.78 is 67.9.